The van der Waals surface area contributed by atoms with Crippen LogP contribution in [-0.4, -0.2) is 22.3 Å². The summed E-state index contributed by atoms with van der Waals surface area (Å²) in [5.41, 5.74) is -0.0803. The molecule has 7 nitrogen and oxygen atoms in total. The molecule has 2 aromatic rings. The van der Waals surface area contributed by atoms with Gasteiger partial charge in [0.15, 0.2) is 17.4 Å². The Morgan fingerprint density at radius 1 is 1.27 bits per heavy atom. The van der Waals surface area contributed by atoms with E-state index in [4.69, 9.17) is 9.52 Å². The number of hydrogen-bond acceptors (Lipinski definition) is 5. The minimum Gasteiger partial charge on any atom is -0.502 e. The first-order chi connectivity index (χ1) is 10.3. The third-order valence-electron chi connectivity index (χ3n) is 2.49. The summed E-state index contributed by atoms with van der Waals surface area (Å²) < 4.78 is 35.8. The van der Waals surface area contributed by atoms with Crippen LogP contribution >= 0.6 is 0 Å². The van der Waals surface area contributed by atoms with Gasteiger partial charge in [0.05, 0.1) is 0 Å². The molecular formula is C13H9F2NO6. The van der Waals surface area contributed by atoms with Crippen molar-refractivity contribution in [2.45, 2.75) is 6.92 Å². The van der Waals surface area contributed by atoms with Gasteiger partial charge < -0.3 is 19.4 Å². The summed E-state index contributed by atoms with van der Waals surface area (Å²) in [7, 11) is 0. The fourth-order valence-corrected chi connectivity index (χ4v) is 1.66. The Kier molecular flexibility index (Phi) is 3.97. The van der Waals surface area contributed by atoms with Crippen molar-refractivity contribution in [1.29, 1.82) is 0 Å². The summed E-state index contributed by atoms with van der Waals surface area (Å²) in [5.74, 6) is -5.42. The maximum atomic E-state index is 13.2. The Hall–Kier alpha value is -3.10. The number of aromatic hydroxyl groups is 1. The first-order valence-corrected chi connectivity index (χ1v) is 5.79. The largest absolute Gasteiger partial charge is 0.502 e. The van der Waals surface area contributed by atoms with Crippen LogP contribution in [0.1, 0.15) is 6.92 Å². The van der Waals surface area contributed by atoms with Gasteiger partial charge in [-0.2, -0.15) is 0 Å². The molecule has 0 atom stereocenters. The second-order valence-corrected chi connectivity index (χ2v) is 4.09. The number of rotatable bonds is 3. The van der Waals surface area contributed by atoms with Crippen molar-refractivity contribution in [3.8, 4) is 22.8 Å². The normalized spacial score (nSPS) is 10.3. The lowest BCUT2D eigenvalue weighted by atomic mass is 10.1. The molecule has 2 rings (SSSR count). The van der Waals surface area contributed by atoms with Crippen LogP contribution in [0.3, 0.4) is 0 Å². The Morgan fingerprint density at radius 2 is 1.95 bits per heavy atom. The second kappa shape index (κ2) is 5.72. The monoisotopic (exact) mass is 313 g/mol. The topological polar surface area (TPSA) is 109 Å². The number of hydrogen-bond donors (Lipinski definition) is 3. The summed E-state index contributed by atoms with van der Waals surface area (Å²) in [6.45, 7) is 1.02. The number of amides is 1. The van der Waals surface area contributed by atoms with E-state index in [1.54, 1.807) is 5.32 Å². The molecule has 0 aliphatic rings. The summed E-state index contributed by atoms with van der Waals surface area (Å²) in [4.78, 5) is 21.6. The van der Waals surface area contributed by atoms with Crippen LogP contribution in [0.4, 0.5) is 19.5 Å². The molecule has 22 heavy (non-hydrogen) atoms. The molecule has 116 valence electrons. The van der Waals surface area contributed by atoms with Crippen molar-refractivity contribution in [3.05, 3.63) is 29.8 Å². The first-order valence-electron chi connectivity index (χ1n) is 5.79. The standard InChI is InChI=1S/C13H9F2NO6/c1-5(17)21-11-9(18)10(22-12(11)16-13(19)20)6-2-3-7(14)8(15)4-6/h2-4,16,18H,1H3,(H,19,20). The fraction of sp³-hybridized carbons (Fsp3) is 0.0769. The van der Waals surface area contributed by atoms with E-state index < -0.39 is 41.1 Å². The van der Waals surface area contributed by atoms with Gasteiger partial charge in [0.25, 0.3) is 5.88 Å². The fourth-order valence-electron chi connectivity index (χ4n) is 1.66. The van der Waals surface area contributed by atoms with Crippen LogP contribution in [0.2, 0.25) is 0 Å². The van der Waals surface area contributed by atoms with Gasteiger partial charge in [-0.15, -0.1) is 0 Å². The number of carbonyl (C=O) groups excluding carboxylic acids is 1. The number of carbonyl (C=O) groups is 2. The molecule has 0 spiro atoms. The van der Waals surface area contributed by atoms with E-state index in [-0.39, 0.29) is 11.3 Å². The van der Waals surface area contributed by atoms with Crippen LogP contribution in [0.25, 0.3) is 11.3 Å². The Morgan fingerprint density at radius 3 is 2.50 bits per heavy atom. The average Bonchev–Trinajstić information content (AvgIpc) is 2.70. The molecule has 0 aliphatic heterocycles. The van der Waals surface area contributed by atoms with E-state index in [1.807, 2.05) is 0 Å². The Bertz CT molecular complexity index is 755. The maximum absolute atomic E-state index is 13.2. The van der Waals surface area contributed by atoms with Gasteiger partial charge in [-0.25, -0.2) is 13.6 Å². The predicted molar refractivity (Wildman–Crippen MR) is 68.7 cm³/mol. The minimum absolute atomic E-state index is 0.0803. The summed E-state index contributed by atoms with van der Waals surface area (Å²) in [6, 6.07) is 2.62. The zero-order chi connectivity index (χ0) is 16.4. The van der Waals surface area contributed by atoms with E-state index in [9.17, 15) is 23.5 Å². The number of carboxylic acid groups (broad SMARTS) is 1. The first kappa shape index (κ1) is 15.3. The van der Waals surface area contributed by atoms with Gasteiger partial charge in [-0.05, 0) is 18.2 Å². The quantitative estimate of drug-likeness (QED) is 0.752. The molecule has 3 N–H and O–H groups in total. The van der Waals surface area contributed by atoms with Gasteiger partial charge in [0.1, 0.15) is 0 Å². The van der Waals surface area contributed by atoms with Gasteiger partial charge >= 0.3 is 12.1 Å². The highest BCUT2D eigenvalue weighted by Crippen LogP contribution is 2.46. The number of halogens is 2. The highest BCUT2D eigenvalue weighted by Gasteiger charge is 2.26. The Labute approximate surface area is 121 Å². The SMILES string of the molecule is CC(=O)Oc1c(NC(=O)O)oc(-c2ccc(F)c(F)c2)c1O. The van der Waals surface area contributed by atoms with Crippen molar-refractivity contribution in [2.75, 3.05) is 5.32 Å². The van der Waals surface area contributed by atoms with E-state index in [0.717, 1.165) is 25.1 Å². The third kappa shape index (κ3) is 2.97. The average molecular weight is 313 g/mol. The van der Waals surface area contributed by atoms with Crippen molar-refractivity contribution < 1.29 is 37.7 Å². The molecule has 0 bridgehead atoms. The van der Waals surface area contributed by atoms with Crippen molar-refractivity contribution in [3.63, 3.8) is 0 Å². The second-order valence-electron chi connectivity index (χ2n) is 4.09. The lowest BCUT2D eigenvalue weighted by molar-refractivity contribution is -0.132. The third-order valence-corrected chi connectivity index (χ3v) is 2.49. The Balaban J connectivity index is 2.56. The lowest BCUT2D eigenvalue weighted by Crippen LogP contribution is -2.09. The van der Waals surface area contributed by atoms with E-state index in [2.05, 4.69) is 4.74 Å². The van der Waals surface area contributed by atoms with E-state index >= 15 is 0 Å². The van der Waals surface area contributed by atoms with Crippen molar-refractivity contribution >= 4 is 17.9 Å². The molecule has 0 saturated heterocycles. The number of esters is 1. The van der Waals surface area contributed by atoms with Crippen LogP contribution in [-0.2, 0) is 4.79 Å². The van der Waals surface area contributed by atoms with Gasteiger partial charge in [-0.1, -0.05) is 0 Å². The van der Waals surface area contributed by atoms with Gasteiger partial charge in [0, 0.05) is 12.5 Å². The molecule has 1 heterocycles. The van der Waals surface area contributed by atoms with E-state index in [1.165, 1.54) is 0 Å². The number of nitrogens with one attached hydrogen (secondary N) is 1. The number of furan rings is 1. The van der Waals surface area contributed by atoms with Crippen LogP contribution in [0.15, 0.2) is 22.6 Å². The highest BCUT2D eigenvalue weighted by atomic mass is 19.2. The molecular weight excluding hydrogens is 304 g/mol. The molecule has 0 fully saturated rings. The molecule has 0 aliphatic carbocycles. The van der Waals surface area contributed by atoms with Crippen molar-refractivity contribution in [1.82, 2.24) is 0 Å². The molecule has 1 aromatic carbocycles. The minimum atomic E-state index is -1.54. The summed E-state index contributed by atoms with van der Waals surface area (Å²) >= 11 is 0. The molecule has 0 saturated carbocycles. The molecule has 1 amide bonds. The molecule has 9 heteroatoms. The number of anilines is 1. The van der Waals surface area contributed by atoms with Crippen LogP contribution in [0.5, 0.6) is 11.5 Å². The summed E-state index contributed by atoms with van der Waals surface area (Å²) in [5, 5.41) is 20.4. The highest BCUT2D eigenvalue weighted by molar-refractivity contribution is 5.88. The molecule has 1 aromatic heterocycles. The summed E-state index contributed by atoms with van der Waals surface area (Å²) in [6.07, 6.45) is -1.54. The number of benzene rings is 1. The molecule has 0 radical (unpaired) electrons. The maximum Gasteiger partial charge on any atom is 0.411 e. The number of ether oxygens (including phenoxy) is 1. The van der Waals surface area contributed by atoms with Gasteiger partial charge in [0.2, 0.25) is 11.5 Å². The van der Waals surface area contributed by atoms with Crippen LogP contribution < -0.4 is 10.1 Å². The smallest absolute Gasteiger partial charge is 0.411 e. The van der Waals surface area contributed by atoms with Crippen LogP contribution in [0, 0.1) is 11.6 Å². The zero-order valence-corrected chi connectivity index (χ0v) is 11.0. The predicted octanol–water partition coefficient (Wildman–Crippen LogP) is 2.95. The lowest BCUT2D eigenvalue weighted by Gasteiger charge is -2.01. The van der Waals surface area contributed by atoms with Crippen molar-refractivity contribution in [2.24, 2.45) is 0 Å². The molecule has 0 unspecified atom stereocenters. The zero-order valence-electron chi connectivity index (χ0n) is 11.0. The van der Waals surface area contributed by atoms with E-state index in [0.29, 0.717) is 0 Å². The van der Waals surface area contributed by atoms with Gasteiger partial charge in [-0.3, -0.25) is 10.1 Å².